The maximum atomic E-state index is 5.56. The van der Waals surface area contributed by atoms with Gasteiger partial charge in [0.25, 0.3) is 0 Å². The van der Waals surface area contributed by atoms with Crippen LogP contribution in [0.2, 0.25) is 0 Å². The lowest BCUT2D eigenvalue weighted by molar-refractivity contribution is 0.638. The Hall–Kier alpha value is -1.16. The molecular weight excluding hydrogens is 196 g/mol. The quantitative estimate of drug-likeness (QED) is 0.783. The summed E-state index contributed by atoms with van der Waals surface area (Å²) in [6, 6.07) is 4.00. The molecule has 0 aliphatic carbocycles. The van der Waals surface area contributed by atoms with Crippen molar-refractivity contribution in [3.63, 3.8) is 0 Å². The second-order valence-electron chi connectivity index (χ2n) is 3.66. The van der Waals surface area contributed by atoms with E-state index in [1.54, 1.807) is 11.3 Å². The van der Waals surface area contributed by atoms with Crippen molar-refractivity contribution in [3.8, 4) is 0 Å². The van der Waals surface area contributed by atoms with Gasteiger partial charge in [-0.1, -0.05) is 0 Å². The molecule has 1 fully saturated rings. The van der Waals surface area contributed by atoms with Crippen LogP contribution in [0.1, 0.15) is 12.8 Å². The Morgan fingerprint density at radius 1 is 1.29 bits per heavy atom. The summed E-state index contributed by atoms with van der Waals surface area (Å²) >= 11 is 1.77. The molecule has 2 aromatic rings. The van der Waals surface area contributed by atoms with Crippen molar-refractivity contribution in [2.45, 2.75) is 12.8 Å². The summed E-state index contributed by atoms with van der Waals surface area (Å²) in [5.41, 5.74) is 6.49. The highest BCUT2D eigenvalue weighted by Crippen LogP contribution is 2.36. The molecule has 1 aliphatic rings. The zero-order chi connectivity index (χ0) is 9.54. The van der Waals surface area contributed by atoms with Crippen molar-refractivity contribution in [2.75, 3.05) is 23.7 Å². The van der Waals surface area contributed by atoms with Crippen LogP contribution >= 0.6 is 11.3 Å². The van der Waals surface area contributed by atoms with Crippen LogP contribution in [0.5, 0.6) is 0 Å². The third-order valence-corrected chi connectivity index (χ3v) is 3.75. The SMILES string of the molecule is Nc1cc2sc(N3CCCC3)cc2o1. The van der Waals surface area contributed by atoms with Gasteiger partial charge in [-0.15, -0.1) is 11.3 Å². The van der Waals surface area contributed by atoms with Gasteiger partial charge in [0.15, 0.2) is 5.88 Å². The number of nitrogen functional groups attached to an aromatic ring is 1. The summed E-state index contributed by atoms with van der Waals surface area (Å²) in [6.45, 7) is 2.36. The second-order valence-corrected chi connectivity index (χ2v) is 4.72. The average Bonchev–Trinajstić information content (AvgIpc) is 2.74. The third kappa shape index (κ3) is 1.18. The Labute approximate surface area is 86.1 Å². The van der Waals surface area contributed by atoms with Crippen LogP contribution in [0.25, 0.3) is 10.3 Å². The molecule has 0 amide bonds. The molecule has 3 rings (SSSR count). The summed E-state index contributed by atoms with van der Waals surface area (Å²) in [4.78, 5) is 2.41. The molecule has 0 saturated carbocycles. The fourth-order valence-electron chi connectivity index (χ4n) is 1.94. The highest BCUT2D eigenvalue weighted by molar-refractivity contribution is 7.22. The zero-order valence-corrected chi connectivity index (χ0v) is 8.64. The minimum absolute atomic E-state index is 0.513. The van der Waals surface area contributed by atoms with Crippen LogP contribution in [0.3, 0.4) is 0 Å². The van der Waals surface area contributed by atoms with Crippen LogP contribution in [0.15, 0.2) is 16.5 Å². The van der Waals surface area contributed by atoms with Crippen molar-refractivity contribution in [1.29, 1.82) is 0 Å². The van der Waals surface area contributed by atoms with E-state index in [0.717, 1.165) is 10.3 Å². The van der Waals surface area contributed by atoms with Gasteiger partial charge in [0.2, 0.25) is 0 Å². The standard InChI is InChI=1S/C10H12N2OS/c11-9-6-8-7(13-9)5-10(14-8)12-3-1-2-4-12/h5-6H,1-4,11H2. The van der Waals surface area contributed by atoms with E-state index in [1.165, 1.54) is 30.9 Å². The van der Waals surface area contributed by atoms with E-state index in [2.05, 4.69) is 11.0 Å². The van der Waals surface area contributed by atoms with Gasteiger partial charge in [-0.05, 0) is 12.8 Å². The predicted molar refractivity (Wildman–Crippen MR) is 60.0 cm³/mol. The molecule has 3 heterocycles. The van der Waals surface area contributed by atoms with Gasteiger partial charge in [0, 0.05) is 25.2 Å². The van der Waals surface area contributed by atoms with Crippen molar-refractivity contribution in [3.05, 3.63) is 12.1 Å². The van der Waals surface area contributed by atoms with E-state index < -0.39 is 0 Å². The average molecular weight is 208 g/mol. The topological polar surface area (TPSA) is 42.4 Å². The van der Waals surface area contributed by atoms with E-state index in [0.29, 0.717) is 5.88 Å². The number of hydrogen-bond acceptors (Lipinski definition) is 4. The first-order valence-corrected chi connectivity index (χ1v) is 5.68. The first kappa shape index (κ1) is 8.17. The molecule has 2 N–H and O–H groups in total. The van der Waals surface area contributed by atoms with Crippen LogP contribution < -0.4 is 10.6 Å². The molecule has 1 aliphatic heterocycles. The zero-order valence-electron chi connectivity index (χ0n) is 7.82. The van der Waals surface area contributed by atoms with Gasteiger partial charge in [0.1, 0.15) is 5.58 Å². The largest absolute Gasteiger partial charge is 0.440 e. The maximum absolute atomic E-state index is 5.56. The number of thiophene rings is 1. The highest BCUT2D eigenvalue weighted by atomic mass is 32.1. The normalized spacial score (nSPS) is 17.0. The lowest BCUT2D eigenvalue weighted by Crippen LogP contribution is -2.15. The summed E-state index contributed by atoms with van der Waals surface area (Å²) in [5.74, 6) is 0.513. The smallest absolute Gasteiger partial charge is 0.192 e. The minimum atomic E-state index is 0.513. The number of rotatable bonds is 1. The van der Waals surface area contributed by atoms with Gasteiger partial charge in [-0.3, -0.25) is 0 Å². The monoisotopic (exact) mass is 208 g/mol. The summed E-state index contributed by atoms with van der Waals surface area (Å²) < 4.78 is 6.53. The van der Waals surface area contributed by atoms with E-state index in [1.807, 2.05) is 6.07 Å². The molecular formula is C10H12N2OS. The molecule has 14 heavy (non-hydrogen) atoms. The number of fused-ring (bicyclic) bond motifs is 1. The fraction of sp³-hybridized carbons (Fsp3) is 0.400. The van der Waals surface area contributed by atoms with E-state index in [-0.39, 0.29) is 0 Å². The van der Waals surface area contributed by atoms with Crippen LogP contribution in [0, 0.1) is 0 Å². The lowest BCUT2D eigenvalue weighted by atomic mass is 10.4. The highest BCUT2D eigenvalue weighted by Gasteiger charge is 2.16. The van der Waals surface area contributed by atoms with Crippen LogP contribution in [0.4, 0.5) is 10.9 Å². The van der Waals surface area contributed by atoms with Crippen molar-refractivity contribution < 1.29 is 4.42 Å². The Bertz CT molecular complexity index is 422. The van der Waals surface area contributed by atoms with E-state index in [9.17, 15) is 0 Å². The van der Waals surface area contributed by atoms with Crippen molar-refractivity contribution >= 4 is 32.5 Å². The van der Waals surface area contributed by atoms with Gasteiger partial charge in [0.05, 0.1) is 9.70 Å². The Kier molecular flexibility index (Phi) is 1.70. The Morgan fingerprint density at radius 2 is 2.07 bits per heavy atom. The van der Waals surface area contributed by atoms with Crippen LogP contribution in [-0.2, 0) is 0 Å². The maximum Gasteiger partial charge on any atom is 0.192 e. The molecule has 0 aromatic carbocycles. The molecule has 1 saturated heterocycles. The van der Waals surface area contributed by atoms with Crippen molar-refractivity contribution in [2.24, 2.45) is 0 Å². The number of hydrogen-bond donors (Lipinski definition) is 1. The molecule has 74 valence electrons. The Balaban J connectivity index is 2.01. The van der Waals surface area contributed by atoms with Crippen molar-refractivity contribution in [1.82, 2.24) is 0 Å². The molecule has 0 spiro atoms. The van der Waals surface area contributed by atoms with Gasteiger partial charge in [-0.2, -0.15) is 0 Å². The van der Waals surface area contributed by atoms with Gasteiger partial charge < -0.3 is 15.1 Å². The number of nitrogens with zero attached hydrogens (tertiary/aromatic N) is 1. The lowest BCUT2D eigenvalue weighted by Gasteiger charge is -2.13. The number of anilines is 2. The molecule has 3 nitrogen and oxygen atoms in total. The first-order chi connectivity index (χ1) is 6.83. The molecule has 4 heteroatoms. The summed E-state index contributed by atoms with van der Waals surface area (Å²) in [5, 5.41) is 1.32. The molecule has 0 atom stereocenters. The first-order valence-electron chi connectivity index (χ1n) is 4.87. The number of furan rings is 1. The molecule has 0 radical (unpaired) electrons. The van der Waals surface area contributed by atoms with Crippen LogP contribution in [-0.4, -0.2) is 13.1 Å². The molecule has 0 unspecified atom stereocenters. The molecule has 0 bridgehead atoms. The second kappa shape index (κ2) is 2.92. The Morgan fingerprint density at radius 3 is 2.79 bits per heavy atom. The predicted octanol–water partition coefficient (Wildman–Crippen LogP) is 2.68. The van der Waals surface area contributed by atoms with E-state index in [4.69, 9.17) is 10.2 Å². The minimum Gasteiger partial charge on any atom is -0.440 e. The number of nitrogens with two attached hydrogens (primary N) is 1. The third-order valence-electron chi connectivity index (χ3n) is 2.63. The fourth-order valence-corrected chi connectivity index (χ4v) is 3.01. The van der Waals surface area contributed by atoms with E-state index >= 15 is 0 Å². The molecule has 2 aromatic heterocycles. The summed E-state index contributed by atoms with van der Waals surface area (Å²) in [6.07, 6.45) is 2.61. The van der Waals surface area contributed by atoms with Gasteiger partial charge >= 0.3 is 0 Å². The van der Waals surface area contributed by atoms with Gasteiger partial charge in [-0.25, -0.2) is 0 Å². The summed E-state index contributed by atoms with van der Waals surface area (Å²) in [7, 11) is 0.